The van der Waals surface area contributed by atoms with Crippen LogP contribution in [0.4, 0.5) is 10.1 Å². The predicted octanol–water partition coefficient (Wildman–Crippen LogP) is 7.16. The fourth-order valence-corrected chi connectivity index (χ4v) is 5.61. The second kappa shape index (κ2) is 8.85. The number of carbonyl (C=O) groups is 1. The Morgan fingerprint density at radius 2 is 1.71 bits per heavy atom. The molecule has 34 heavy (non-hydrogen) atoms. The standard InChI is InChI=1S/C28H23FN2OS2/c1-17-12-13-21(14-18(17)2)31-27(32)26(34-28(31)33)15-23-19(3)30(25-11-7-5-9-22(23)25)16-20-8-4-6-10-24(20)29/h4-15H,16H2,1-3H3/b26-15-. The number of halogens is 1. The zero-order valence-electron chi connectivity index (χ0n) is 19.1. The molecule has 4 aromatic rings. The highest BCUT2D eigenvalue weighted by atomic mass is 32.2. The van der Waals surface area contributed by atoms with E-state index < -0.39 is 0 Å². The largest absolute Gasteiger partial charge is 0.340 e. The number of nitrogens with zero attached hydrogens (tertiary/aromatic N) is 2. The first-order valence-electron chi connectivity index (χ1n) is 11.0. The molecule has 6 heteroatoms. The molecule has 170 valence electrons. The Morgan fingerprint density at radius 1 is 0.971 bits per heavy atom. The SMILES string of the molecule is Cc1ccc(N2C(=O)/C(=C/c3c(C)n(Cc4ccccc4F)c4ccccc34)SC2=S)cc1C. The lowest BCUT2D eigenvalue weighted by Crippen LogP contribution is -2.27. The number of carbonyl (C=O) groups excluding carboxylic acids is 1. The topological polar surface area (TPSA) is 25.2 Å². The van der Waals surface area contributed by atoms with Gasteiger partial charge in [-0.1, -0.05) is 66.4 Å². The average molecular weight is 487 g/mol. The number of thiocarbonyl (C=S) groups is 1. The Labute approximate surface area is 207 Å². The first-order valence-corrected chi connectivity index (χ1v) is 12.2. The van der Waals surface area contributed by atoms with Gasteiger partial charge in [0.1, 0.15) is 5.82 Å². The molecular formula is C28H23FN2OS2. The summed E-state index contributed by atoms with van der Waals surface area (Å²) in [4.78, 5) is 15.6. The summed E-state index contributed by atoms with van der Waals surface area (Å²) in [6, 6.07) is 20.8. The molecule has 0 radical (unpaired) electrons. The van der Waals surface area contributed by atoms with E-state index in [0.717, 1.165) is 33.4 Å². The van der Waals surface area contributed by atoms with Crippen LogP contribution in [0.2, 0.25) is 0 Å². The monoisotopic (exact) mass is 486 g/mol. The molecule has 1 aliphatic heterocycles. The van der Waals surface area contributed by atoms with Crippen molar-refractivity contribution in [2.75, 3.05) is 4.90 Å². The van der Waals surface area contributed by atoms with Gasteiger partial charge in [-0.3, -0.25) is 9.69 Å². The fourth-order valence-electron chi connectivity index (χ4n) is 4.33. The number of aryl methyl sites for hydroxylation is 2. The number of aromatic nitrogens is 1. The van der Waals surface area contributed by atoms with E-state index in [0.29, 0.717) is 21.3 Å². The summed E-state index contributed by atoms with van der Waals surface area (Å²) in [5, 5.41) is 1.02. The first kappa shape index (κ1) is 22.6. The van der Waals surface area contributed by atoms with Crippen molar-refractivity contribution >= 4 is 56.9 Å². The molecule has 0 spiro atoms. The van der Waals surface area contributed by atoms with Crippen LogP contribution in [-0.2, 0) is 11.3 Å². The summed E-state index contributed by atoms with van der Waals surface area (Å²) in [6.07, 6.45) is 1.93. The molecule has 5 rings (SSSR count). The average Bonchev–Trinajstić information content (AvgIpc) is 3.25. The highest BCUT2D eigenvalue weighted by Crippen LogP contribution is 2.38. The van der Waals surface area contributed by atoms with Gasteiger partial charge in [-0.25, -0.2) is 4.39 Å². The smallest absolute Gasteiger partial charge is 0.270 e. The summed E-state index contributed by atoms with van der Waals surface area (Å²) >= 11 is 6.90. The minimum absolute atomic E-state index is 0.122. The molecule has 0 N–H and O–H groups in total. The van der Waals surface area contributed by atoms with Crippen LogP contribution >= 0.6 is 24.0 Å². The second-order valence-electron chi connectivity index (χ2n) is 8.48. The maximum Gasteiger partial charge on any atom is 0.270 e. The third-order valence-corrected chi connectivity index (χ3v) is 7.69. The van der Waals surface area contributed by atoms with E-state index in [9.17, 15) is 9.18 Å². The van der Waals surface area contributed by atoms with E-state index in [2.05, 4.69) is 4.57 Å². The van der Waals surface area contributed by atoms with E-state index in [-0.39, 0.29) is 11.7 Å². The number of hydrogen-bond donors (Lipinski definition) is 0. The molecule has 2 heterocycles. The van der Waals surface area contributed by atoms with Gasteiger partial charge in [-0.05, 0) is 62.2 Å². The number of para-hydroxylation sites is 1. The lowest BCUT2D eigenvalue weighted by molar-refractivity contribution is -0.113. The predicted molar refractivity (Wildman–Crippen MR) is 144 cm³/mol. The summed E-state index contributed by atoms with van der Waals surface area (Å²) in [5.41, 5.74) is 6.62. The van der Waals surface area contributed by atoms with Gasteiger partial charge in [-0.2, -0.15) is 0 Å². The van der Waals surface area contributed by atoms with E-state index in [1.165, 1.54) is 23.4 Å². The number of rotatable bonds is 4. The first-order chi connectivity index (χ1) is 16.3. The maximum absolute atomic E-state index is 14.4. The normalized spacial score (nSPS) is 15.2. The Bertz CT molecular complexity index is 1500. The molecule has 0 saturated carbocycles. The molecule has 0 bridgehead atoms. The molecular weight excluding hydrogens is 463 g/mol. The molecule has 3 nitrogen and oxygen atoms in total. The van der Waals surface area contributed by atoms with Crippen molar-refractivity contribution in [1.29, 1.82) is 0 Å². The van der Waals surface area contributed by atoms with Crippen molar-refractivity contribution in [1.82, 2.24) is 4.57 Å². The van der Waals surface area contributed by atoms with Crippen LogP contribution in [0.5, 0.6) is 0 Å². The molecule has 1 aliphatic rings. The Balaban J connectivity index is 1.57. The van der Waals surface area contributed by atoms with Crippen LogP contribution in [0.25, 0.3) is 17.0 Å². The van der Waals surface area contributed by atoms with Crippen LogP contribution in [-0.4, -0.2) is 14.8 Å². The molecule has 0 aliphatic carbocycles. The van der Waals surface area contributed by atoms with Gasteiger partial charge < -0.3 is 4.57 Å². The number of benzene rings is 3. The van der Waals surface area contributed by atoms with Gasteiger partial charge in [0.25, 0.3) is 5.91 Å². The van der Waals surface area contributed by atoms with Gasteiger partial charge in [0.05, 0.1) is 17.1 Å². The van der Waals surface area contributed by atoms with Crippen LogP contribution in [0.1, 0.15) is 27.9 Å². The highest BCUT2D eigenvalue weighted by molar-refractivity contribution is 8.27. The summed E-state index contributed by atoms with van der Waals surface area (Å²) < 4.78 is 17.0. The third-order valence-electron chi connectivity index (χ3n) is 6.38. The zero-order chi connectivity index (χ0) is 24.0. The third kappa shape index (κ3) is 3.87. The van der Waals surface area contributed by atoms with E-state index >= 15 is 0 Å². The van der Waals surface area contributed by atoms with Crippen LogP contribution < -0.4 is 4.90 Å². The van der Waals surface area contributed by atoms with Gasteiger partial charge >= 0.3 is 0 Å². The van der Waals surface area contributed by atoms with Crippen LogP contribution in [0, 0.1) is 26.6 Å². The van der Waals surface area contributed by atoms with Crippen molar-refractivity contribution in [3.05, 3.63) is 105 Å². The molecule has 1 saturated heterocycles. The second-order valence-corrected chi connectivity index (χ2v) is 10.2. The minimum atomic E-state index is -0.226. The number of hydrogen-bond acceptors (Lipinski definition) is 3. The number of amides is 1. The van der Waals surface area contributed by atoms with E-state index in [1.54, 1.807) is 17.0 Å². The Morgan fingerprint density at radius 3 is 2.47 bits per heavy atom. The Kier molecular flexibility index (Phi) is 5.88. The lowest BCUT2D eigenvalue weighted by atomic mass is 10.1. The zero-order valence-corrected chi connectivity index (χ0v) is 20.8. The molecule has 1 fully saturated rings. The number of thioether (sulfide) groups is 1. The van der Waals surface area contributed by atoms with E-state index in [4.69, 9.17) is 12.2 Å². The van der Waals surface area contributed by atoms with Crippen molar-refractivity contribution in [3.8, 4) is 0 Å². The fraction of sp³-hybridized carbons (Fsp3) is 0.143. The lowest BCUT2D eigenvalue weighted by Gasteiger charge is -2.15. The van der Waals surface area contributed by atoms with Crippen LogP contribution in [0.15, 0.2) is 71.6 Å². The quantitative estimate of drug-likeness (QED) is 0.226. The van der Waals surface area contributed by atoms with Crippen molar-refractivity contribution in [3.63, 3.8) is 0 Å². The van der Waals surface area contributed by atoms with Gasteiger partial charge in [-0.15, -0.1) is 0 Å². The molecule has 0 unspecified atom stereocenters. The Hall–Kier alpha value is -3.22. The summed E-state index contributed by atoms with van der Waals surface area (Å²) in [6.45, 7) is 6.50. The van der Waals surface area contributed by atoms with Crippen molar-refractivity contribution < 1.29 is 9.18 Å². The maximum atomic E-state index is 14.4. The number of fused-ring (bicyclic) bond motifs is 1. The van der Waals surface area contributed by atoms with Gasteiger partial charge in [0.2, 0.25) is 0 Å². The summed E-state index contributed by atoms with van der Waals surface area (Å²) in [7, 11) is 0. The molecule has 3 aromatic carbocycles. The summed E-state index contributed by atoms with van der Waals surface area (Å²) in [5.74, 6) is -0.348. The van der Waals surface area contributed by atoms with Crippen molar-refractivity contribution in [2.24, 2.45) is 0 Å². The molecule has 1 aromatic heterocycles. The minimum Gasteiger partial charge on any atom is -0.340 e. The number of anilines is 1. The van der Waals surface area contributed by atoms with E-state index in [1.807, 2.05) is 75.4 Å². The highest BCUT2D eigenvalue weighted by Gasteiger charge is 2.34. The van der Waals surface area contributed by atoms with Gasteiger partial charge in [0, 0.05) is 27.7 Å². The van der Waals surface area contributed by atoms with Crippen LogP contribution in [0.3, 0.4) is 0 Å². The van der Waals surface area contributed by atoms with Gasteiger partial charge in [0.15, 0.2) is 4.32 Å². The van der Waals surface area contributed by atoms with Crippen molar-refractivity contribution in [2.45, 2.75) is 27.3 Å². The molecule has 1 amide bonds. The molecule has 0 atom stereocenters.